The molecule has 1 saturated heterocycles. The Bertz CT molecular complexity index is 604. The largest absolute Gasteiger partial charge is 0.341 e. The molecule has 2 heterocycles. The fourth-order valence-electron chi connectivity index (χ4n) is 2.59. The van der Waals surface area contributed by atoms with E-state index in [1.54, 1.807) is 17.1 Å². The van der Waals surface area contributed by atoms with E-state index in [1.165, 1.54) is 10.5 Å². The number of aromatic nitrogens is 3. The molecule has 0 saturated carbocycles. The average Bonchev–Trinajstić information content (AvgIpc) is 3.03. The van der Waals surface area contributed by atoms with Crippen LogP contribution in [0.25, 0.3) is 0 Å². The highest BCUT2D eigenvalue weighted by Crippen LogP contribution is 2.30. The molecule has 0 spiro atoms. The Morgan fingerprint density at radius 3 is 2.64 bits per heavy atom. The molecule has 0 N–H and O–H groups in total. The van der Waals surface area contributed by atoms with Gasteiger partial charge in [-0.3, -0.25) is 4.79 Å². The first-order valence-electron chi connectivity index (χ1n) is 7.56. The maximum atomic E-state index is 12.2. The van der Waals surface area contributed by atoms with Gasteiger partial charge in [0.2, 0.25) is 5.91 Å². The Kier molecular flexibility index (Phi) is 4.77. The third-order valence-corrected chi connectivity index (χ3v) is 5.24. The molecule has 0 unspecified atom stereocenters. The molecule has 22 heavy (non-hydrogen) atoms. The summed E-state index contributed by atoms with van der Waals surface area (Å²) in [7, 11) is 0. The van der Waals surface area contributed by atoms with E-state index in [0.29, 0.717) is 5.25 Å². The number of likely N-dealkylation sites (tertiary alicyclic amines) is 1. The topological polar surface area (TPSA) is 51.0 Å². The first kappa shape index (κ1) is 15.1. The molecule has 2 aromatic rings. The molecule has 1 aromatic heterocycles. The van der Waals surface area contributed by atoms with Crippen molar-refractivity contribution in [1.82, 2.24) is 19.9 Å². The number of benzene rings is 1. The van der Waals surface area contributed by atoms with Gasteiger partial charge in [0.15, 0.2) is 0 Å². The number of amides is 1. The maximum Gasteiger partial charge on any atom is 0.244 e. The van der Waals surface area contributed by atoms with Crippen molar-refractivity contribution in [3.05, 3.63) is 42.2 Å². The Morgan fingerprint density at radius 1 is 1.27 bits per heavy atom. The van der Waals surface area contributed by atoms with Crippen molar-refractivity contribution in [1.29, 1.82) is 0 Å². The molecule has 1 aliphatic heterocycles. The van der Waals surface area contributed by atoms with E-state index < -0.39 is 0 Å². The lowest BCUT2D eigenvalue weighted by molar-refractivity contribution is -0.132. The van der Waals surface area contributed by atoms with Gasteiger partial charge >= 0.3 is 0 Å². The third-order valence-electron chi connectivity index (χ3n) is 3.89. The number of carbonyl (C=O) groups excluding carboxylic acids is 1. The second-order valence-corrected chi connectivity index (χ2v) is 6.99. The summed E-state index contributed by atoms with van der Waals surface area (Å²) in [5.74, 6) is 0.129. The average molecular weight is 316 g/mol. The summed E-state index contributed by atoms with van der Waals surface area (Å²) in [6.45, 7) is 4.05. The van der Waals surface area contributed by atoms with Crippen molar-refractivity contribution in [3.8, 4) is 0 Å². The number of rotatable bonds is 4. The first-order chi connectivity index (χ1) is 10.7. The number of piperidine rings is 1. The van der Waals surface area contributed by atoms with Crippen molar-refractivity contribution < 1.29 is 4.79 Å². The summed E-state index contributed by atoms with van der Waals surface area (Å²) in [6.07, 6.45) is 5.40. The quantitative estimate of drug-likeness (QED) is 0.869. The standard InChI is InChI=1S/C16H20N4OS/c1-13-2-4-14(5-3-13)22-15-6-9-19(10-7-15)16(21)12-20-11-8-17-18-20/h2-5,8,11,15H,6-7,9-10,12H2,1H3. The number of hydrogen-bond acceptors (Lipinski definition) is 4. The van der Waals surface area contributed by atoms with E-state index >= 15 is 0 Å². The van der Waals surface area contributed by atoms with Crippen LogP contribution >= 0.6 is 11.8 Å². The molecule has 1 aliphatic rings. The van der Waals surface area contributed by atoms with Crippen molar-refractivity contribution in [3.63, 3.8) is 0 Å². The third kappa shape index (κ3) is 3.88. The van der Waals surface area contributed by atoms with E-state index in [0.717, 1.165) is 25.9 Å². The summed E-state index contributed by atoms with van der Waals surface area (Å²) in [5.41, 5.74) is 1.29. The molecule has 3 rings (SSSR count). The predicted molar refractivity (Wildman–Crippen MR) is 86.7 cm³/mol. The second-order valence-electron chi connectivity index (χ2n) is 5.61. The molecule has 0 bridgehead atoms. The van der Waals surface area contributed by atoms with Gasteiger partial charge in [-0.2, -0.15) is 0 Å². The minimum atomic E-state index is 0.129. The number of aryl methyl sites for hydroxylation is 1. The van der Waals surface area contributed by atoms with E-state index in [2.05, 4.69) is 41.5 Å². The van der Waals surface area contributed by atoms with Crippen LogP contribution in [0.1, 0.15) is 18.4 Å². The van der Waals surface area contributed by atoms with Crippen molar-refractivity contribution in [2.75, 3.05) is 13.1 Å². The van der Waals surface area contributed by atoms with Gasteiger partial charge in [-0.05, 0) is 31.9 Å². The SMILES string of the molecule is Cc1ccc(SC2CCN(C(=O)Cn3ccnn3)CC2)cc1. The van der Waals surface area contributed by atoms with Crippen molar-refractivity contribution >= 4 is 17.7 Å². The molecule has 0 aliphatic carbocycles. The zero-order chi connectivity index (χ0) is 15.4. The van der Waals surface area contributed by atoms with Gasteiger partial charge in [0.05, 0.1) is 6.20 Å². The number of thioether (sulfide) groups is 1. The van der Waals surface area contributed by atoms with Gasteiger partial charge in [0, 0.05) is 29.4 Å². The number of nitrogens with zero attached hydrogens (tertiary/aromatic N) is 4. The van der Waals surface area contributed by atoms with Crippen LogP contribution in [0.3, 0.4) is 0 Å². The lowest BCUT2D eigenvalue weighted by atomic mass is 10.1. The monoisotopic (exact) mass is 316 g/mol. The Hall–Kier alpha value is -1.82. The highest BCUT2D eigenvalue weighted by molar-refractivity contribution is 8.00. The van der Waals surface area contributed by atoms with Crippen LogP contribution in [-0.4, -0.2) is 44.1 Å². The minimum absolute atomic E-state index is 0.129. The maximum absolute atomic E-state index is 12.2. The lowest BCUT2D eigenvalue weighted by Gasteiger charge is -2.31. The first-order valence-corrected chi connectivity index (χ1v) is 8.44. The fourth-order valence-corrected chi connectivity index (χ4v) is 3.71. The predicted octanol–water partition coefficient (Wildman–Crippen LogP) is 2.37. The zero-order valence-corrected chi connectivity index (χ0v) is 13.5. The molecule has 6 heteroatoms. The van der Waals surface area contributed by atoms with Gasteiger partial charge in [-0.1, -0.05) is 22.9 Å². The zero-order valence-electron chi connectivity index (χ0n) is 12.7. The fraction of sp³-hybridized carbons (Fsp3) is 0.438. The lowest BCUT2D eigenvalue weighted by Crippen LogP contribution is -2.41. The van der Waals surface area contributed by atoms with Crippen LogP contribution in [0.15, 0.2) is 41.6 Å². The molecule has 5 nitrogen and oxygen atoms in total. The second kappa shape index (κ2) is 6.96. The summed E-state index contributed by atoms with van der Waals surface area (Å²) in [4.78, 5) is 15.5. The molecule has 116 valence electrons. The van der Waals surface area contributed by atoms with Gasteiger partial charge in [0.25, 0.3) is 0 Å². The molecular weight excluding hydrogens is 296 g/mol. The van der Waals surface area contributed by atoms with Crippen LogP contribution < -0.4 is 0 Å². The summed E-state index contributed by atoms with van der Waals surface area (Å²) in [5, 5.41) is 8.16. The molecule has 0 radical (unpaired) electrons. The smallest absolute Gasteiger partial charge is 0.244 e. The summed E-state index contributed by atoms with van der Waals surface area (Å²) in [6, 6.07) is 8.67. The normalized spacial score (nSPS) is 16.0. The molecule has 0 atom stereocenters. The van der Waals surface area contributed by atoms with E-state index in [4.69, 9.17) is 0 Å². The molecule has 1 amide bonds. The van der Waals surface area contributed by atoms with Crippen LogP contribution in [0.2, 0.25) is 0 Å². The van der Waals surface area contributed by atoms with E-state index in [-0.39, 0.29) is 12.5 Å². The Balaban J connectivity index is 1.47. The van der Waals surface area contributed by atoms with Gasteiger partial charge in [0.1, 0.15) is 6.54 Å². The van der Waals surface area contributed by atoms with E-state index in [1.807, 2.05) is 16.7 Å². The van der Waals surface area contributed by atoms with Crippen LogP contribution in [0.4, 0.5) is 0 Å². The number of hydrogen-bond donors (Lipinski definition) is 0. The molecule has 1 fully saturated rings. The highest BCUT2D eigenvalue weighted by Gasteiger charge is 2.23. The number of carbonyl (C=O) groups is 1. The van der Waals surface area contributed by atoms with Crippen molar-refractivity contribution in [2.45, 2.75) is 36.5 Å². The summed E-state index contributed by atoms with van der Waals surface area (Å²) < 4.78 is 1.58. The molecule has 1 aromatic carbocycles. The van der Waals surface area contributed by atoms with Crippen LogP contribution in [0, 0.1) is 6.92 Å². The molecular formula is C16H20N4OS. The van der Waals surface area contributed by atoms with Crippen LogP contribution in [-0.2, 0) is 11.3 Å². The van der Waals surface area contributed by atoms with Crippen LogP contribution in [0.5, 0.6) is 0 Å². The highest BCUT2D eigenvalue weighted by atomic mass is 32.2. The Labute approximate surface area is 134 Å². The summed E-state index contributed by atoms with van der Waals surface area (Å²) >= 11 is 1.93. The Morgan fingerprint density at radius 2 is 2.00 bits per heavy atom. The van der Waals surface area contributed by atoms with E-state index in [9.17, 15) is 4.79 Å². The van der Waals surface area contributed by atoms with Gasteiger partial charge in [-0.15, -0.1) is 16.9 Å². The minimum Gasteiger partial charge on any atom is -0.341 e. The van der Waals surface area contributed by atoms with Gasteiger partial charge < -0.3 is 4.90 Å². The van der Waals surface area contributed by atoms with Crippen molar-refractivity contribution in [2.24, 2.45) is 0 Å². The van der Waals surface area contributed by atoms with Gasteiger partial charge in [-0.25, -0.2) is 4.68 Å².